The molecule has 6 rings (SSSR count). The van der Waals surface area contributed by atoms with Crippen molar-refractivity contribution in [3.8, 4) is 0 Å². The molecule has 4 atom stereocenters. The number of nitrogens with zero attached hydrogens (tertiary/aromatic N) is 3. The lowest BCUT2D eigenvalue weighted by atomic mass is 10.1. The molecule has 204 valence electrons. The summed E-state index contributed by atoms with van der Waals surface area (Å²) in [6, 6.07) is 29.9. The van der Waals surface area contributed by atoms with Gasteiger partial charge < -0.3 is 23.9 Å². The van der Waals surface area contributed by atoms with E-state index in [0.29, 0.717) is 30.9 Å². The zero-order chi connectivity index (χ0) is 27.1. The Morgan fingerprint density at radius 3 is 1.98 bits per heavy atom. The number of rotatable bonds is 11. The van der Waals surface area contributed by atoms with Gasteiger partial charge in [-0.1, -0.05) is 91.0 Å². The van der Waals surface area contributed by atoms with Crippen LogP contribution in [-0.2, 0) is 38.8 Å². The first kappa shape index (κ1) is 26.1. The lowest BCUT2D eigenvalue weighted by Gasteiger charge is -2.25. The average molecular weight is 539 g/mol. The van der Waals surface area contributed by atoms with E-state index in [1.807, 2.05) is 91.0 Å². The number of H-pyrrole nitrogens is 1. The number of aromatic nitrogens is 4. The summed E-state index contributed by atoms with van der Waals surface area (Å²) < 4.78 is 27.3. The van der Waals surface area contributed by atoms with Gasteiger partial charge in [0, 0.05) is 0 Å². The molecule has 0 saturated carbocycles. The summed E-state index contributed by atoms with van der Waals surface area (Å²) >= 11 is 0. The van der Waals surface area contributed by atoms with Crippen LogP contribution in [0.3, 0.4) is 0 Å². The van der Waals surface area contributed by atoms with Crippen molar-refractivity contribution < 1.29 is 18.9 Å². The van der Waals surface area contributed by atoms with Gasteiger partial charge in [-0.2, -0.15) is 5.10 Å². The molecular formula is C31H30N4O5. The number of aromatic amines is 1. The van der Waals surface area contributed by atoms with Gasteiger partial charge in [0.25, 0.3) is 5.56 Å². The van der Waals surface area contributed by atoms with Crippen molar-refractivity contribution in [1.29, 1.82) is 0 Å². The fourth-order valence-corrected chi connectivity index (χ4v) is 4.88. The van der Waals surface area contributed by atoms with E-state index in [-0.39, 0.29) is 12.2 Å². The summed E-state index contributed by atoms with van der Waals surface area (Å²) in [5, 5.41) is 4.86. The normalized spacial score (nSPS) is 20.7. The molecule has 0 radical (unpaired) electrons. The van der Waals surface area contributed by atoms with Crippen molar-refractivity contribution in [1.82, 2.24) is 19.7 Å². The van der Waals surface area contributed by atoms with E-state index < -0.39 is 24.5 Å². The Bertz CT molecular complexity index is 1560. The van der Waals surface area contributed by atoms with Crippen LogP contribution in [0.4, 0.5) is 0 Å². The number of hydrogen-bond acceptors (Lipinski definition) is 7. The molecule has 1 aliphatic heterocycles. The molecule has 1 N–H and O–H groups in total. The third kappa shape index (κ3) is 5.88. The second kappa shape index (κ2) is 12.4. The summed E-state index contributed by atoms with van der Waals surface area (Å²) in [7, 11) is 0. The number of ether oxygens (including phenoxy) is 4. The molecule has 9 nitrogen and oxygen atoms in total. The SMILES string of the molecule is O=c1[nH]cnc2c1cnn2[C@@H]1O[C@H](COCc2ccccc2)[C@@H](OCc2ccccc2)[C@@H]1OCc1ccccc1. The third-order valence-corrected chi connectivity index (χ3v) is 6.89. The minimum absolute atomic E-state index is 0.268. The highest BCUT2D eigenvalue weighted by Gasteiger charge is 2.48. The summed E-state index contributed by atoms with van der Waals surface area (Å²) in [4.78, 5) is 19.4. The van der Waals surface area contributed by atoms with Crippen LogP contribution in [0, 0.1) is 0 Å². The van der Waals surface area contributed by atoms with Crippen LogP contribution in [0.25, 0.3) is 11.0 Å². The van der Waals surface area contributed by atoms with E-state index in [0.717, 1.165) is 16.7 Å². The molecule has 0 spiro atoms. The molecule has 0 amide bonds. The first-order chi connectivity index (χ1) is 19.8. The van der Waals surface area contributed by atoms with E-state index in [2.05, 4.69) is 15.1 Å². The minimum atomic E-state index is -0.693. The van der Waals surface area contributed by atoms with Crippen molar-refractivity contribution in [3.63, 3.8) is 0 Å². The summed E-state index contributed by atoms with van der Waals surface area (Å²) in [6.07, 6.45) is 0.671. The first-order valence-electron chi connectivity index (χ1n) is 13.3. The minimum Gasteiger partial charge on any atom is -0.374 e. The lowest BCUT2D eigenvalue weighted by molar-refractivity contribution is -0.0926. The summed E-state index contributed by atoms with van der Waals surface area (Å²) in [6.45, 7) is 1.44. The Hall–Kier alpha value is -4.15. The quantitative estimate of drug-likeness (QED) is 0.266. The maximum atomic E-state index is 12.4. The van der Waals surface area contributed by atoms with Crippen LogP contribution >= 0.6 is 0 Å². The monoisotopic (exact) mass is 538 g/mol. The van der Waals surface area contributed by atoms with Crippen molar-refractivity contribution in [3.05, 3.63) is 131 Å². The van der Waals surface area contributed by atoms with Crippen LogP contribution in [-0.4, -0.2) is 44.7 Å². The van der Waals surface area contributed by atoms with Gasteiger partial charge >= 0.3 is 0 Å². The van der Waals surface area contributed by atoms with Gasteiger partial charge in [-0.3, -0.25) is 4.79 Å². The van der Waals surface area contributed by atoms with E-state index >= 15 is 0 Å². The number of fused-ring (bicyclic) bond motifs is 1. The molecule has 1 saturated heterocycles. The summed E-state index contributed by atoms with van der Waals surface area (Å²) in [5.41, 5.74) is 3.27. The third-order valence-electron chi connectivity index (χ3n) is 6.89. The zero-order valence-electron chi connectivity index (χ0n) is 21.8. The molecule has 0 unspecified atom stereocenters. The van der Waals surface area contributed by atoms with Gasteiger partial charge in [0.15, 0.2) is 11.9 Å². The molecule has 1 fully saturated rings. The Morgan fingerprint density at radius 1 is 0.775 bits per heavy atom. The molecule has 3 aromatic carbocycles. The van der Waals surface area contributed by atoms with Crippen molar-refractivity contribution in [2.45, 2.75) is 44.4 Å². The second-order valence-electron chi connectivity index (χ2n) is 9.65. The highest BCUT2D eigenvalue weighted by Crippen LogP contribution is 2.36. The van der Waals surface area contributed by atoms with Crippen molar-refractivity contribution in [2.24, 2.45) is 0 Å². The van der Waals surface area contributed by atoms with Gasteiger partial charge in [-0.05, 0) is 16.7 Å². The molecule has 2 aromatic heterocycles. The number of nitrogens with one attached hydrogen (secondary N) is 1. The maximum absolute atomic E-state index is 12.4. The smallest absolute Gasteiger partial charge is 0.261 e. The van der Waals surface area contributed by atoms with Gasteiger partial charge in [-0.25, -0.2) is 9.67 Å². The Balaban J connectivity index is 1.30. The van der Waals surface area contributed by atoms with Crippen LogP contribution in [0.1, 0.15) is 22.9 Å². The molecule has 0 bridgehead atoms. The predicted octanol–water partition coefficient (Wildman–Crippen LogP) is 4.40. The second-order valence-corrected chi connectivity index (χ2v) is 9.65. The molecular weight excluding hydrogens is 508 g/mol. The Labute approximate surface area is 231 Å². The fourth-order valence-electron chi connectivity index (χ4n) is 4.88. The highest BCUT2D eigenvalue weighted by atomic mass is 16.6. The number of benzene rings is 3. The maximum Gasteiger partial charge on any atom is 0.261 e. The largest absolute Gasteiger partial charge is 0.374 e. The Morgan fingerprint density at radius 2 is 1.35 bits per heavy atom. The van der Waals surface area contributed by atoms with Crippen molar-refractivity contribution >= 4 is 11.0 Å². The van der Waals surface area contributed by atoms with Gasteiger partial charge in [0.1, 0.15) is 23.7 Å². The van der Waals surface area contributed by atoms with E-state index in [4.69, 9.17) is 18.9 Å². The fraction of sp³-hybridized carbons (Fsp3) is 0.258. The van der Waals surface area contributed by atoms with Crippen LogP contribution in [0.5, 0.6) is 0 Å². The first-order valence-corrected chi connectivity index (χ1v) is 13.3. The van der Waals surface area contributed by atoms with Crippen molar-refractivity contribution in [2.75, 3.05) is 6.61 Å². The highest BCUT2D eigenvalue weighted by molar-refractivity contribution is 5.72. The number of hydrogen-bond donors (Lipinski definition) is 1. The van der Waals surface area contributed by atoms with Crippen LogP contribution in [0.15, 0.2) is 108 Å². The predicted molar refractivity (Wildman–Crippen MR) is 148 cm³/mol. The average Bonchev–Trinajstić information content (AvgIpc) is 3.58. The zero-order valence-corrected chi connectivity index (χ0v) is 21.8. The molecule has 0 aliphatic carbocycles. The van der Waals surface area contributed by atoms with Gasteiger partial charge in [0.2, 0.25) is 0 Å². The molecule has 1 aliphatic rings. The molecule has 40 heavy (non-hydrogen) atoms. The van der Waals surface area contributed by atoms with Crippen LogP contribution in [0.2, 0.25) is 0 Å². The van der Waals surface area contributed by atoms with Crippen LogP contribution < -0.4 is 5.56 Å². The lowest BCUT2D eigenvalue weighted by Crippen LogP contribution is -2.38. The standard InChI is InChI=1S/C31H30N4O5/c36-30-25-16-34-35(29(25)32-21-33-30)31-28(39-19-24-14-8-3-9-15-24)27(38-18-23-12-6-2-7-13-23)26(40-31)20-37-17-22-10-4-1-5-11-22/h1-16,21,26-28,31H,17-20H2,(H,32,33,36)/t26-,27-,28+,31-/m1/s1. The topological polar surface area (TPSA) is 100 Å². The molecule has 3 heterocycles. The van der Waals surface area contributed by atoms with E-state index in [1.54, 1.807) is 4.68 Å². The summed E-state index contributed by atoms with van der Waals surface area (Å²) in [5.74, 6) is 0. The molecule has 5 aromatic rings. The van der Waals surface area contributed by atoms with E-state index in [9.17, 15) is 4.79 Å². The molecule has 9 heteroatoms. The van der Waals surface area contributed by atoms with Gasteiger partial charge in [0.05, 0.1) is 39.0 Å². The Kier molecular flexibility index (Phi) is 8.06. The van der Waals surface area contributed by atoms with E-state index in [1.165, 1.54) is 12.5 Å². The van der Waals surface area contributed by atoms with Gasteiger partial charge in [-0.15, -0.1) is 0 Å².